The predicted molar refractivity (Wildman–Crippen MR) is 93.9 cm³/mol. The Morgan fingerprint density at radius 3 is 2.78 bits per heavy atom. The zero-order valence-electron chi connectivity index (χ0n) is 12.4. The van der Waals surface area contributed by atoms with Gasteiger partial charge < -0.3 is 20.3 Å². The molecule has 5 nitrogen and oxygen atoms in total. The van der Waals surface area contributed by atoms with Crippen LogP contribution in [-0.2, 0) is 4.79 Å². The van der Waals surface area contributed by atoms with E-state index in [0.717, 1.165) is 11.3 Å². The number of hydrogen-bond donors (Lipinski definition) is 1. The van der Waals surface area contributed by atoms with E-state index in [2.05, 4.69) is 0 Å². The van der Waals surface area contributed by atoms with Gasteiger partial charge in [-0.05, 0) is 24.4 Å². The van der Waals surface area contributed by atoms with Gasteiger partial charge in [0.2, 0.25) is 5.91 Å². The topological polar surface area (TPSA) is 58.8 Å². The van der Waals surface area contributed by atoms with Crippen LogP contribution in [-0.4, -0.2) is 47.6 Å². The Labute approximate surface area is 149 Å². The minimum Gasteiger partial charge on any atom is -0.496 e. The average Bonchev–Trinajstić information content (AvgIpc) is 2.93. The summed E-state index contributed by atoms with van der Waals surface area (Å²) in [4.78, 5) is 15.7. The molecule has 8 heteroatoms. The fourth-order valence-electron chi connectivity index (χ4n) is 2.99. The molecule has 0 saturated carbocycles. The summed E-state index contributed by atoms with van der Waals surface area (Å²) in [5.74, 6) is 0.538. The van der Waals surface area contributed by atoms with Crippen molar-refractivity contribution in [2.24, 2.45) is 5.73 Å². The Balaban J connectivity index is 1.98. The second-order valence-corrected chi connectivity index (χ2v) is 6.64. The molecule has 0 aromatic heterocycles. The van der Waals surface area contributed by atoms with Gasteiger partial charge in [0, 0.05) is 23.7 Å². The van der Waals surface area contributed by atoms with Gasteiger partial charge in [0.15, 0.2) is 5.11 Å². The summed E-state index contributed by atoms with van der Waals surface area (Å²) in [6, 6.07) is 3.48. The van der Waals surface area contributed by atoms with Gasteiger partial charge in [-0.2, -0.15) is 0 Å². The summed E-state index contributed by atoms with van der Waals surface area (Å²) in [7, 11) is 1.58. The van der Waals surface area contributed by atoms with Crippen molar-refractivity contribution in [2.45, 2.75) is 5.92 Å². The Bertz CT molecular complexity index is 723. The van der Waals surface area contributed by atoms with Gasteiger partial charge in [0.05, 0.1) is 30.2 Å². The number of nitrogens with zero attached hydrogens (tertiary/aromatic N) is 2. The third-order valence-electron chi connectivity index (χ3n) is 4.09. The molecular formula is C15H15Cl2N3O2S. The van der Waals surface area contributed by atoms with Crippen molar-refractivity contribution in [3.63, 3.8) is 0 Å². The molecule has 1 fully saturated rings. The van der Waals surface area contributed by atoms with Crippen LogP contribution in [0, 0.1) is 0 Å². The summed E-state index contributed by atoms with van der Waals surface area (Å²) in [6.07, 6.45) is 2.00. The van der Waals surface area contributed by atoms with E-state index in [4.69, 9.17) is 45.9 Å². The lowest BCUT2D eigenvalue weighted by atomic mass is 9.99. The largest absolute Gasteiger partial charge is 0.496 e. The molecule has 2 heterocycles. The number of nitrogens with two attached hydrogens (primary N) is 1. The van der Waals surface area contributed by atoms with E-state index in [0.29, 0.717) is 28.9 Å². The number of fused-ring (bicyclic) bond motifs is 1. The quantitative estimate of drug-likeness (QED) is 0.808. The number of carbonyl (C=O) groups is 1. The number of methoxy groups -OCH3 is 1. The second-order valence-electron chi connectivity index (χ2n) is 5.44. The van der Waals surface area contributed by atoms with Crippen LogP contribution >= 0.6 is 35.4 Å². The van der Waals surface area contributed by atoms with Crippen LogP contribution in [0.15, 0.2) is 23.9 Å². The molecule has 2 N–H and O–H groups in total. The predicted octanol–water partition coefficient (Wildman–Crippen LogP) is 2.37. The highest BCUT2D eigenvalue weighted by atomic mass is 35.5. The van der Waals surface area contributed by atoms with Crippen molar-refractivity contribution >= 4 is 46.4 Å². The summed E-state index contributed by atoms with van der Waals surface area (Å²) < 4.78 is 5.41. The standard InChI is InChI=1S/C15H15Cl2N3O2S/c1-22-11-3-2-10(16)14(17)13(11)8-4-9-6-19(15(18)23)7-12(21)20(9)5-8/h2-4,8H,5-7H2,1H3,(H2,18,23)/t8-/m0/s1. The van der Waals surface area contributed by atoms with E-state index < -0.39 is 0 Å². The molecule has 0 aliphatic carbocycles. The zero-order chi connectivity index (χ0) is 16.7. The minimum absolute atomic E-state index is 0.0325. The number of benzene rings is 1. The SMILES string of the molecule is COc1ccc(Cl)c(Cl)c1[C@H]1C=C2CN(C(N)=S)CC(=O)N2C1. The van der Waals surface area contributed by atoms with Crippen LogP contribution in [0.25, 0.3) is 0 Å². The number of rotatable bonds is 2. The monoisotopic (exact) mass is 371 g/mol. The molecule has 1 atom stereocenters. The molecule has 3 rings (SSSR count). The van der Waals surface area contributed by atoms with E-state index >= 15 is 0 Å². The Morgan fingerprint density at radius 2 is 2.13 bits per heavy atom. The molecule has 1 saturated heterocycles. The number of carbonyl (C=O) groups excluding carboxylic acids is 1. The molecule has 1 aromatic rings. The first-order valence-corrected chi connectivity index (χ1v) is 8.16. The van der Waals surface area contributed by atoms with Crippen LogP contribution in [0.2, 0.25) is 10.0 Å². The lowest BCUT2D eigenvalue weighted by Crippen LogP contribution is -2.51. The molecule has 0 bridgehead atoms. The summed E-state index contributed by atoms with van der Waals surface area (Å²) in [5, 5.41) is 1.13. The summed E-state index contributed by atoms with van der Waals surface area (Å²) in [6.45, 7) is 1.22. The lowest BCUT2D eigenvalue weighted by Gasteiger charge is -2.34. The van der Waals surface area contributed by atoms with Crippen molar-refractivity contribution in [3.05, 3.63) is 39.5 Å². The molecule has 1 aromatic carbocycles. The number of amides is 1. The Morgan fingerprint density at radius 1 is 1.39 bits per heavy atom. The molecule has 0 spiro atoms. The van der Waals surface area contributed by atoms with Crippen LogP contribution in [0.3, 0.4) is 0 Å². The average molecular weight is 372 g/mol. The van der Waals surface area contributed by atoms with E-state index in [-0.39, 0.29) is 23.5 Å². The van der Waals surface area contributed by atoms with Gasteiger partial charge in [-0.1, -0.05) is 29.3 Å². The van der Waals surface area contributed by atoms with Crippen molar-refractivity contribution in [1.82, 2.24) is 9.80 Å². The number of halogens is 2. The van der Waals surface area contributed by atoms with Crippen LogP contribution < -0.4 is 10.5 Å². The zero-order valence-corrected chi connectivity index (χ0v) is 14.7. The Kier molecular flexibility index (Phi) is 4.40. The number of hydrogen-bond acceptors (Lipinski definition) is 3. The maximum atomic E-state index is 12.3. The number of thiocarbonyl (C=S) groups is 1. The summed E-state index contributed by atoms with van der Waals surface area (Å²) >= 11 is 17.5. The molecule has 0 unspecified atom stereocenters. The highest BCUT2D eigenvalue weighted by Crippen LogP contribution is 2.42. The molecule has 122 valence electrons. The molecule has 23 heavy (non-hydrogen) atoms. The van der Waals surface area contributed by atoms with Crippen molar-refractivity contribution in [3.8, 4) is 5.75 Å². The first-order chi connectivity index (χ1) is 10.9. The maximum absolute atomic E-state index is 12.3. The fourth-order valence-corrected chi connectivity index (χ4v) is 3.58. The molecule has 0 radical (unpaired) electrons. The van der Waals surface area contributed by atoms with Gasteiger partial charge >= 0.3 is 0 Å². The number of ether oxygens (including phenoxy) is 1. The van der Waals surface area contributed by atoms with Crippen LogP contribution in [0.1, 0.15) is 11.5 Å². The molecule has 1 amide bonds. The summed E-state index contributed by atoms with van der Waals surface area (Å²) in [5.41, 5.74) is 7.31. The minimum atomic E-state index is -0.0820. The van der Waals surface area contributed by atoms with Crippen molar-refractivity contribution in [2.75, 3.05) is 26.7 Å². The van der Waals surface area contributed by atoms with E-state index in [1.165, 1.54) is 0 Å². The third kappa shape index (κ3) is 2.86. The molecule has 2 aliphatic heterocycles. The Hall–Kier alpha value is -1.50. The van der Waals surface area contributed by atoms with Gasteiger partial charge in [0.1, 0.15) is 5.75 Å². The van der Waals surface area contributed by atoms with Gasteiger partial charge in [0.25, 0.3) is 0 Å². The highest BCUT2D eigenvalue weighted by molar-refractivity contribution is 7.80. The maximum Gasteiger partial charge on any atom is 0.246 e. The van der Waals surface area contributed by atoms with Crippen LogP contribution in [0.5, 0.6) is 5.75 Å². The van der Waals surface area contributed by atoms with E-state index in [1.807, 2.05) is 6.08 Å². The van der Waals surface area contributed by atoms with Crippen molar-refractivity contribution < 1.29 is 9.53 Å². The van der Waals surface area contributed by atoms with Gasteiger partial charge in [-0.15, -0.1) is 0 Å². The lowest BCUT2D eigenvalue weighted by molar-refractivity contribution is -0.131. The third-order valence-corrected chi connectivity index (χ3v) is 5.17. The first-order valence-electron chi connectivity index (χ1n) is 6.99. The fraction of sp³-hybridized carbons (Fsp3) is 0.333. The van der Waals surface area contributed by atoms with Gasteiger partial charge in [-0.25, -0.2) is 0 Å². The first kappa shape index (κ1) is 16.4. The number of piperazine rings is 1. The molecule has 2 aliphatic rings. The van der Waals surface area contributed by atoms with E-state index in [1.54, 1.807) is 29.0 Å². The highest BCUT2D eigenvalue weighted by Gasteiger charge is 2.36. The van der Waals surface area contributed by atoms with E-state index in [9.17, 15) is 4.79 Å². The van der Waals surface area contributed by atoms with Crippen LogP contribution in [0.4, 0.5) is 0 Å². The van der Waals surface area contributed by atoms with Gasteiger partial charge in [-0.3, -0.25) is 4.79 Å². The molecular weight excluding hydrogens is 357 g/mol. The van der Waals surface area contributed by atoms with Crippen molar-refractivity contribution in [1.29, 1.82) is 0 Å². The normalized spacial score (nSPS) is 20.4. The smallest absolute Gasteiger partial charge is 0.246 e. The second kappa shape index (κ2) is 6.19.